The fourth-order valence-corrected chi connectivity index (χ4v) is 3.22. The Hall–Kier alpha value is -1.79. The number of anilines is 1. The quantitative estimate of drug-likeness (QED) is 0.259. The summed E-state index contributed by atoms with van der Waals surface area (Å²) in [6.45, 7) is 1.56. The zero-order chi connectivity index (χ0) is 21.6. The van der Waals surface area contributed by atoms with Crippen LogP contribution in [0.4, 0.5) is 23.2 Å². The molecule has 1 amide bonds. The second kappa shape index (κ2) is 11.6. The second-order valence-corrected chi connectivity index (χ2v) is 7.18. The highest BCUT2D eigenvalue weighted by Crippen LogP contribution is 2.24. The van der Waals surface area contributed by atoms with Crippen LogP contribution in [-0.4, -0.2) is 69.3 Å². The van der Waals surface area contributed by atoms with Gasteiger partial charge in [-0.3, -0.25) is 9.79 Å². The molecule has 1 saturated heterocycles. The topological polar surface area (TPSA) is 60.0 Å². The smallest absolute Gasteiger partial charge is 0.367 e. The Kier molecular flexibility index (Phi) is 10.1. The van der Waals surface area contributed by atoms with E-state index in [2.05, 4.69) is 15.6 Å². The van der Waals surface area contributed by atoms with Crippen LogP contribution in [0.5, 0.6) is 0 Å². The van der Waals surface area contributed by atoms with E-state index < -0.39 is 18.6 Å². The molecule has 1 aliphatic rings. The number of aryl methyl sites for hydroxylation is 1. The molecule has 0 aliphatic carbocycles. The van der Waals surface area contributed by atoms with Crippen molar-refractivity contribution in [3.63, 3.8) is 0 Å². The van der Waals surface area contributed by atoms with E-state index in [0.29, 0.717) is 23.1 Å². The van der Waals surface area contributed by atoms with Crippen LogP contribution in [0, 0.1) is 12.7 Å². The third-order valence-corrected chi connectivity index (χ3v) is 4.68. The van der Waals surface area contributed by atoms with Gasteiger partial charge in [-0.2, -0.15) is 13.2 Å². The minimum Gasteiger partial charge on any atom is -0.367 e. The molecular weight excluding hydrogens is 517 g/mol. The van der Waals surface area contributed by atoms with Crippen LogP contribution in [-0.2, 0) is 4.79 Å². The number of carbonyl (C=O) groups excluding carboxylic acids is 1. The van der Waals surface area contributed by atoms with Gasteiger partial charge in [-0.1, -0.05) is 6.07 Å². The molecule has 1 atom stereocenters. The third kappa shape index (κ3) is 8.15. The van der Waals surface area contributed by atoms with Gasteiger partial charge in [0.2, 0.25) is 5.91 Å². The Balaban J connectivity index is 0.00000450. The van der Waals surface area contributed by atoms with E-state index in [0.717, 1.165) is 32.0 Å². The van der Waals surface area contributed by atoms with Crippen LogP contribution in [0.1, 0.15) is 18.4 Å². The number of halogens is 5. The van der Waals surface area contributed by atoms with Crippen LogP contribution in [0.2, 0.25) is 0 Å². The van der Waals surface area contributed by atoms with E-state index in [1.54, 1.807) is 12.1 Å². The Morgan fingerprint density at radius 3 is 2.70 bits per heavy atom. The lowest BCUT2D eigenvalue weighted by atomic mass is 10.0. The van der Waals surface area contributed by atoms with Gasteiger partial charge in [0.05, 0.1) is 12.2 Å². The minimum absolute atomic E-state index is 0. The number of hydrogen-bond donors (Lipinski definition) is 2. The Morgan fingerprint density at radius 1 is 1.37 bits per heavy atom. The van der Waals surface area contributed by atoms with Crippen molar-refractivity contribution < 1.29 is 22.4 Å². The number of nitrogens with zero attached hydrogens (tertiary/aromatic N) is 3. The van der Waals surface area contributed by atoms with Crippen LogP contribution in [0.3, 0.4) is 0 Å². The van der Waals surface area contributed by atoms with Crippen LogP contribution < -0.4 is 15.5 Å². The van der Waals surface area contributed by atoms with Crippen molar-refractivity contribution in [1.29, 1.82) is 0 Å². The van der Waals surface area contributed by atoms with Crippen LogP contribution >= 0.6 is 24.0 Å². The Morgan fingerprint density at radius 2 is 2.07 bits per heavy atom. The molecule has 11 heteroatoms. The van der Waals surface area contributed by atoms with Gasteiger partial charge in [0.25, 0.3) is 0 Å². The Labute approximate surface area is 191 Å². The number of carbonyl (C=O) groups is 1. The SMILES string of the molecule is CN=C(NCC(=O)N(C)CC(F)(F)F)NC1CCCN(c2cc(C)ccc2F)C1.I. The maximum atomic E-state index is 14.2. The van der Waals surface area contributed by atoms with E-state index in [1.165, 1.54) is 13.1 Å². The number of likely N-dealkylation sites (N-methyl/N-ethyl adjacent to an activating group) is 1. The summed E-state index contributed by atoms with van der Waals surface area (Å²) in [4.78, 5) is 18.5. The van der Waals surface area contributed by atoms with Crippen molar-refractivity contribution >= 4 is 41.5 Å². The predicted molar refractivity (Wildman–Crippen MR) is 120 cm³/mol. The molecule has 6 nitrogen and oxygen atoms in total. The van der Waals surface area contributed by atoms with Crippen LogP contribution in [0.15, 0.2) is 23.2 Å². The summed E-state index contributed by atoms with van der Waals surface area (Å²) < 4.78 is 51.4. The molecule has 1 aromatic rings. The largest absolute Gasteiger partial charge is 0.406 e. The van der Waals surface area contributed by atoms with Crippen molar-refractivity contribution in [3.05, 3.63) is 29.6 Å². The maximum Gasteiger partial charge on any atom is 0.406 e. The van der Waals surface area contributed by atoms with Gasteiger partial charge in [0.1, 0.15) is 12.4 Å². The average Bonchev–Trinajstić information content (AvgIpc) is 2.65. The number of aliphatic imine (C=N–C) groups is 1. The highest BCUT2D eigenvalue weighted by atomic mass is 127. The van der Waals surface area contributed by atoms with E-state index >= 15 is 0 Å². The van der Waals surface area contributed by atoms with Gasteiger partial charge in [-0.15, -0.1) is 24.0 Å². The summed E-state index contributed by atoms with van der Waals surface area (Å²) in [5, 5.41) is 5.91. The molecule has 30 heavy (non-hydrogen) atoms. The zero-order valence-corrected chi connectivity index (χ0v) is 19.6. The standard InChI is InChI=1S/C19H27F4N5O.HI/c1-13-6-7-15(20)16(9-13)28-8-4-5-14(11-28)26-18(24-2)25-10-17(29)27(3)12-19(21,22)23;/h6-7,9,14H,4-5,8,10-12H2,1-3H3,(H2,24,25,26);1H. The molecule has 1 heterocycles. The summed E-state index contributed by atoms with van der Waals surface area (Å²) in [6.07, 6.45) is -2.77. The lowest BCUT2D eigenvalue weighted by Crippen LogP contribution is -2.53. The molecule has 1 unspecified atom stereocenters. The molecule has 2 rings (SSSR count). The lowest BCUT2D eigenvalue weighted by molar-refractivity contribution is -0.157. The highest BCUT2D eigenvalue weighted by Gasteiger charge is 2.31. The first-order valence-electron chi connectivity index (χ1n) is 9.38. The molecular formula is C19H28F4IN5O. The van der Waals surface area contributed by atoms with Gasteiger partial charge in [-0.05, 0) is 37.5 Å². The molecule has 0 radical (unpaired) electrons. The fraction of sp³-hybridized carbons (Fsp3) is 0.579. The average molecular weight is 545 g/mol. The van der Waals surface area contributed by atoms with Crippen molar-refractivity contribution in [3.8, 4) is 0 Å². The molecule has 170 valence electrons. The van der Waals surface area contributed by atoms with Gasteiger partial charge in [-0.25, -0.2) is 4.39 Å². The Bertz CT molecular complexity index is 744. The first-order chi connectivity index (χ1) is 13.6. The predicted octanol–water partition coefficient (Wildman–Crippen LogP) is 2.91. The molecule has 0 spiro atoms. The monoisotopic (exact) mass is 545 g/mol. The minimum atomic E-state index is -4.44. The number of hydrogen-bond acceptors (Lipinski definition) is 3. The van der Waals surface area contributed by atoms with Gasteiger partial charge in [0, 0.05) is 33.2 Å². The fourth-order valence-electron chi connectivity index (χ4n) is 3.22. The molecule has 1 fully saturated rings. The highest BCUT2D eigenvalue weighted by molar-refractivity contribution is 14.0. The van der Waals surface area contributed by atoms with E-state index in [4.69, 9.17) is 0 Å². The van der Waals surface area contributed by atoms with Gasteiger partial charge < -0.3 is 20.4 Å². The van der Waals surface area contributed by atoms with Gasteiger partial charge in [0.15, 0.2) is 5.96 Å². The zero-order valence-electron chi connectivity index (χ0n) is 17.2. The summed E-state index contributed by atoms with van der Waals surface area (Å²) in [6, 6.07) is 4.93. The summed E-state index contributed by atoms with van der Waals surface area (Å²) >= 11 is 0. The number of nitrogens with one attached hydrogen (secondary N) is 2. The molecule has 1 aliphatic heterocycles. The van der Waals surface area contributed by atoms with Gasteiger partial charge >= 0.3 is 6.18 Å². The number of rotatable bonds is 5. The molecule has 2 N–H and O–H groups in total. The number of benzene rings is 1. The third-order valence-electron chi connectivity index (χ3n) is 4.68. The second-order valence-electron chi connectivity index (χ2n) is 7.18. The van der Waals surface area contributed by atoms with E-state index in [9.17, 15) is 22.4 Å². The lowest BCUT2D eigenvalue weighted by Gasteiger charge is -2.35. The summed E-state index contributed by atoms with van der Waals surface area (Å²) in [5.41, 5.74) is 1.51. The number of guanidine groups is 1. The van der Waals surface area contributed by atoms with Crippen molar-refractivity contribution in [1.82, 2.24) is 15.5 Å². The summed E-state index contributed by atoms with van der Waals surface area (Å²) in [5.74, 6) is -0.662. The maximum absolute atomic E-state index is 14.2. The van der Waals surface area contributed by atoms with Crippen molar-refractivity contribution in [2.24, 2.45) is 4.99 Å². The van der Waals surface area contributed by atoms with Crippen molar-refractivity contribution in [2.45, 2.75) is 32.0 Å². The molecule has 1 aromatic carbocycles. The summed E-state index contributed by atoms with van der Waals surface area (Å²) in [7, 11) is 2.61. The molecule has 0 saturated carbocycles. The number of amides is 1. The van der Waals surface area contributed by atoms with E-state index in [1.807, 2.05) is 11.8 Å². The normalized spacial score (nSPS) is 17.2. The number of alkyl halides is 3. The van der Waals surface area contributed by atoms with E-state index in [-0.39, 0.29) is 42.4 Å². The first-order valence-corrected chi connectivity index (χ1v) is 9.38. The number of piperidine rings is 1. The van der Waals surface area contributed by atoms with Crippen LogP contribution in [0.25, 0.3) is 0 Å². The molecule has 0 aromatic heterocycles. The first kappa shape index (κ1) is 26.2. The van der Waals surface area contributed by atoms with Crippen molar-refractivity contribution in [2.75, 3.05) is 45.2 Å². The molecule has 0 bridgehead atoms.